The summed E-state index contributed by atoms with van der Waals surface area (Å²) < 4.78 is 31.7. The zero-order valence-electron chi connectivity index (χ0n) is 13.6. The molecule has 8 heteroatoms. The largest absolute Gasteiger partial charge is 0.493 e. The quantitative estimate of drug-likeness (QED) is 0.723. The minimum Gasteiger partial charge on any atom is -0.493 e. The number of halogens is 2. The second kappa shape index (κ2) is 7.49. The fraction of sp³-hybridized carbons (Fsp3) is 0.222. The summed E-state index contributed by atoms with van der Waals surface area (Å²) in [5.74, 6) is -3.19. The van der Waals surface area contributed by atoms with E-state index in [1.807, 2.05) is 5.32 Å². The van der Waals surface area contributed by atoms with Crippen LogP contribution in [0.4, 0.5) is 14.5 Å². The summed E-state index contributed by atoms with van der Waals surface area (Å²) >= 11 is 0. The number of ether oxygens (including phenoxy) is 1. The van der Waals surface area contributed by atoms with Gasteiger partial charge in [-0.2, -0.15) is 0 Å². The van der Waals surface area contributed by atoms with Gasteiger partial charge < -0.3 is 20.5 Å². The summed E-state index contributed by atoms with van der Waals surface area (Å²) in [6.07, 6.45) is -0.270. The minimum atomic E-state index is -1.12. The van der Waals surface area contributed by atoms with Crippen molar-refractivity contribution in [1.82, 2.24) is 5.32 Å². The molecule has 2 aromatic rings. The first-order valence-electron chi connectivity index (χ1n) is 7.92. The van der Waals surface area contributed by atoms with Gasteiger partial charge in [0.25, 0.3) is 0 Å². The van der Waals surface area contributed by atoms with Gasteiger partial charge in [-0.3, -0.25) is 9.59 Å². The van der Waals surface area contributed by atoms with Crippen molar-refractivity contribution >= 4 is 17.5 Å². The van der Waals surface area contributed by atoms with Gasteiger partial charge in [0.15, 0.2) is 0 Å². The molecule has 0 saturated heterocycles. The maximum Gasteiger partial charge on any atom is 0.313 e. The second-order valence-corrected chi connectivity index (χ2v) is 5.77. The van der Waals surface area contributed by atoms with E-state index >= 15 is 0 Å². The van der Waals surface area contributed by atoms with E-state index < -0.39 is 29.6 Å². The van der Waals surface area contributed by atoms with Gasteiger partial charge >= 0.3 is 11.8 Å². The van der Waals surface area contributed by atoms with Crippen molar-refractivity contribution in [2.75, 3.05) is 18.5 Å². The molecule has 1 aliphatic heterocycles. The predicted octanol–water partition coefficient (Wildman–Crippen LogP) is 1.69. The maximum absolute atomic E-state index is 13.5. The standard InChI is InChI=1S/C18H16F2N2O4/c19-12-2-3-14(13(20)8-12)22-18(25)17(24)21-9-15(23)10-1-4-16-11(7-10)5-6-26-16/h1-4,7-8,15,23H,5-6,9H2,(H,21,24)(H,22,25). The number of aliphatic hydroxyl groups excluding tert-OH is 1. The third-order valence-electron chi connectivity index (χ3n) is 3.94. The number of nitrogens with one attached hydrogen (secondary N) is 2. The number of hydrogen-bond donors (Lipinski definition) is 3. The van der Waals surface area contributed by atoms with Crippen molar-refractivity contribution in [1.29, 1.82) is 0 Å². The van der Waals surface area contributed by atoms with Crippen LogP contribution in [-0.2, 0) is 16.0 Å². The summed E-state index contributed by atoms with van der Waals surface area (Å²) in [4.78, 5) is 23.6. The predicted molar refractivity (Wildman–Crippen MR) is 88.6 cm³/mol. The molecule has 0 fully saturated rings. The van der Waals surface area contributed by atoms with Crippen molar-refractivity contribution in [3.8, 4) is 5.75 Å². The number of rotatable bonds is 4. The van der Waals surface area contributed by atoms with Crippen LogP contribution in [0.1, 0.15) is 17.2 Å². The Kier molecular flexibility index (Phi) is 5.13. The molecule has 1 aliphatic rings. The maximum atomic E-state index is 13.5. The molecule has 26 heavy (non-hydrogen) atoms. The lowest BCUT2D eigenvalue weighted by Gasteiger charge is -2.13. The van der Waals surface area contributed by atoms with Gasteiger partial charge in [0.05, 0.1) is 18.4 Å². The highest BCUT2D eigenvalue weighted by Crippen LogP contribution is 2.28. The molecule has 0 radical (unpaired) electrons. The summed E-state index contributed by atoms with van der Waals surface area (Å²) in [5, 5.41) is 14.5. The highest BCUT2D eigenvalue weighted by Gasteiger charge is 2.19. The molecular weight excluding hydrogens is 346 g/mol. The lowest BCUT2D eigenvalue weighted by molar-refractivity contribution is -0.136. The summed E-state index contributed by atoms with van der Waals surface area (Å²) in [6, 6.07) is 7.76. The monoisotopic (exact) mass is 362 g/mol. The van der Waals surface area contributed by atoms with E-state index in [-0.39, 0.29) is 12.2 Å². The highest BCUT2D eigenvalue weighted by molar-refractivity contribution is 6.39. The molecule has 1 heterocycles. The number of anilines is 1. The Morgan fingerprint density at radius 3 is 2.73 bits per heavy atom. The van der Waals surface area contributed by atoms with E-state index in [1.54, 1.807) is 18.2 Å². The zero-order valence-corrected chi connectivity index (χ0v) is 13.6. The zero-order chi connectivity index (χ0) is 18.7. The number of benzene rings is 2. The Hall–Kier alpha value is -3.00. The highest BCUT2D eigenvalue weighted by atomic mass is 19.1. The summed E-state index contributed by atoms with van der Waals surface area (Å²) in [5.41, 5.74) is 1.24. The first kappa shape index (κ1) is 17.8. The molecule has 1 unspecified atom stereocenters. The fourth-order valence-electron chi connectivity index (χ4n) is 2.57. The SMILES string of the molecule is O=C(NCC(O)c1ccc2c(c1)CCO2)C(=O)Nc1ccc(F)cc1F. The topological polar surface area (TPSA) is 87.7 Å². The smallest absolute Gasteiger partial charge is 0.313 e. The van der Waals surface area contributed by atoms with Crippen molar-refractivity contribution in [2.45, 2.75) is 12.5 Å². The number of carbonyl (C=O) groups is 2. The van der Waals surface area contributed by atoms with E-state index in [0.29, 0.717) is 18.2 Å². The van der Waals surface area contributed by atoms with Crippen molar-refractivity contribution in [2.24, 2.45) is 0 Å². The van der Waals surface area contributed by atoms with E-state index in [9.17, 15) is 23.5 Å². The molecule has 3 rings (SSSR count). The Bertz CT molecular complexity index is 857. The van der Waals surface area contributed by atoms with Gasteiger partial charge in [0.1, 0.15) is 17.4 Å². The molecule has 0 spiro atoms. The lowest BCUT2D eigenvalue weighted by Crippen LogP contribution is -2.37. The second-order valence-electron chi connectivity index (χ2n) is 5.77. The van der Waals surface area contributed by atoms with Crippen LogP contribution in [-0.4, -0.2) is 30.1 Å². The number of hydrogen-bond acceptors (Lipinski definition) is 4. The van der Waals surface area contributed by atoms with Gasteiger partial charge in [-0.1, -0.05) is 6.07 Å². The average molecular weight is 362 g/mol. The molecule has 0 bridgehead atoms. The van der Waals surface area contributed by atoms with Crippen molar-refractivity contribution in [3.05, 3.63) is 59.2 Å². The third kappa shape index (κ3) is 3.97. The number of aliphatic hydroxyl groups is 1. The summed E-state index contributed by atoms with van der Waals surface area (Å²) in [6.45, 7) is 0.392. The van der Waals surface area contributed by atoms with E-state index in [1.165, 1.54) is 0 Å². The van der Waals surface area contributed by atoms with Crippen LogP contribution in [0.25, 0.3) is 0 Å². The molecule has 136 valence electrons. The third-order valence-corrected chi connectivity index (χ3v) is 3.94. The van der Waals surface area contributed by atoms with Gasteiger partial charge in [-0.05, 0) is 35.4 Å². The molecule has 0 saturated carbocycles. The molecule has 3 N–H and O–H groups in total. The molecule has 1 atom stereocenters. The Balaban J connectivity index is 1.55. The summed E-state index contributed by atoms with van der Waals surface area (Å²) in [7, 11) is 0. The van der Waals surface area contributed by atoms with Crippen molar-refractivity contribution < 1.29 is 28.2 Å². The van der Waals surface area contributed by atoms with Gasteiger partial charge in [-0.25, -0.2) is 8.78 Å². The van der Waals surface area contributed by atoms with Crippen LogP contribution < -0.4 is 15.4 Å². The number of amides is 2. The first-order valence-corrected chi connectivity index (χ1v) is 7.92. The van der Waals surface area contributed by atoms with E-state index in [4.69, 9.17) is 4.74 Å². The van der Waals surface area contributed by atoms with Crippen LogP contribution in [0, 0.1) is 11.6 Å². The van der Waals surface area contributed by atoms with Gasteiger partial charge in [0.2, 0.25) is 0 Å². The first-order chi connectivity index (χ1) is 12.4. The number of carbonyl (C=O) groups excluding carboxylic acids is 2. The lowest BCUT2D eigenvalue weighted by atomic mass is 10.0. The molecule has 0 aromatic heterocycles. The Labute approximate surface area is 147 Å². The fourth-order valence-corrected chi connectivity index (χ4v) is 2.57. The van der Waals surface area contributed by atoms with Gasteiger partial charge in [0, 0.05) is 19.0 Å². The van der Waals surface area contributed by atoms with E-state index in [2.05, 4.69) is 5.32 Å². The average Bonchev–Trinajstić information content (AvgIpc) is 3.09. The Morgan fingerprint density at radius 2 is 1.96 bits per heavy atom. The normalized spacial score (nSPS) is 13.5. The van der Waals surface area contributed by atoms with Crippen LogP contribution in [0.5, 0.6) is 5.75 Å². The van der Waals surface area contributed by atoms with Gasteiger partial charge in [-0.15, -0.1) is 0 Å². The molecule has 2 amide bonds. The molecular formula is C18H16F2N2O4. The molecule has 0 aliphatic carbocycles. The van der Waals surface area contributed by atoms with E-state index in [0.717, 1.165) is 29.9 Å². The number of fused-ring (bicyclic) bond motifs is 1. The van der Waals surface area contributed by atoms with Crippen molar-refractivity contribution in [3.63, 3.8) is 0 Å². The Morgan fingerprint density at radius 1 is 1.15 bits per heavy atom. The van der Waals surface area contributed by atoms with Crippen LogP contribution >= 0.6 is 0 Å². The molecule has 6 nitrogen and oxygen atoms in total. The minimum absolute atomic E-state index is 0.197. The van der Waals surface area contributed by atoms with Crippen LogP contribution in [0.3, 0.4) is 0 Å². The molecule has 2 aromatic carbocycles. The van der Waals surface area contributed by atoms with Crippen LogP contribution in [0.15, 0.2) is 36.4 Å². The van der Waals surface area contributed by atoms with Crippen LogP contribution in [0.2, 0.25) is 0 Å².